The highest BCUT2D eigenvalue weighted by molar-refractivity contribution is 7.92. The second-order valence-electron chi connectivity index (χ2n) is 7.48. The van der Waals surface area contributed by atoms with Crippen LogP contribution in [0.1, 0.15) is 16.7 Å². The van der Waals surface area contributed by atoms with Crippen LogP contribution < -0.4 is 9.62 Å². The van der Waals surface area contributed by atoms with E-state index in [0.29, 0.717) is 17.1 Å². The number of sulfonamides is 1. The molecule has 3 aromatic carbocycles. The molecule has 3 aromatic rings. The number of rotatable bonds is 8. The lowest BCUT2D eigenvalue weighted by Crippen LogP contribution is -2.41. The molecule has 0 aliphatic carbocycles. The van der Waals surface area contributed by atoms with Crippen LogP contribution in [0.3, 0.4) is 0 Å². The van der Waals surface area contributed by atoms with Crippen LogP contribution in [-0.4, -0.2) is 27.4 Å². The molecule has 168 valence electrons. The molecule has 0 aromatic heterocycles. The van der Waals surface area contributed by atoms with Gasteiger partial charge in [-0.25, -0.2) is 12.8 Å². The Kier molecular flexibility index (Phi) is 7.53. The second kappa shape index (κ2) is 10.1. The average molecular weight is 475 g/mol. The summed E-state index contributed by atoms with van der Waals surface area (Å²) in [5.41, 5.74) is 2.88. The SMILES string of the molecule is Cc1ccc(S(=O)(=O)N(CC(=O)NCCc2ccc(F)cc2)c2ccc(C)c(Cl)c2)cc1. The molecule has 0 bridgehead atoms. The van der Waals surface area contributed by atoms with Gasteiger partial charge in [0, 0.05) is 11.6 Å². The topological polar surface area (TPSA) is 66.5 Å². The predicted octanol–water partition coefficient (Wildman–Crippen LogP) is 4.65. The van der Waals surface area contributed by atoms with Gasteiger partial charge in [0.05, 0.1) is 10.6 Å². The van der Waals surface area contributed by atoms with Crippen LogP contribution in [0.5, 0.6) is 0 Å². The lowest BCUT2D eigenvalue weighted by atomic mass is 10.1. The third-order valence-electron chi connectivity index (χ3n) is 4.99. The van der Waals surface area contributed by atoms with Gasteiger partial charge in [0.2, 0.25) is 5.91 Å². The first-order valence-electron chi connectivity index (χ1n) is 10.0. The molecule has 0 spiro atoms. The molecular weight excluding hydrogens is 451 g/mol. The Morgan fingerprint density at radius 3 is 2.28 bits per heavy atom. The van der Waals surface area contributed by atoms with Crippen LogP contribution in [-0.2, 0) is 21.2 Å². The van der Waals surface area contributed by atoms with Crippen LogP contribution >= 0.6 is 11.6 Å². The number of nitrogens with zero attached hydrogens (tertiary/aromatic N) is 1. The predicted molar refractivity (Wildman–Crippen MR) is 125 cm³/mol. The molecule has 32 heavy (non-hydrogen) atoms. The second-order valence-corrected chi connectivity index (χ2v) is 9.75. The van der Waals surface area contributed by atoms with Crippen molar-refractivity contribution in [3.8, 4) is 0 Å². The summed E-state index contributed by atoms with van der Waals surface area (Å²) in [6.45, 7) is 3.56. The Hall–Kier alpha value is -2.90. The van der Waals surface area contributed by atoms with Crippen LogP contribution in [0.4, 0.5) is 10.1 Å². The summed E-state index contributed by atoms with van der Waals surface area (Å²) in [6.07, 6.45) is 0.493. The van der Waals surface area contributed by atoms with E-state index < -0.39 is 22.5 Å². The van der Waals surface area contributed by atoms with E-state index in [1.807, 2.05) is 13.8 Å². The van der Waals surface area contributed by atoms with E-state index in [-0.39, 0.29) is 17.3 Å². The standard InChI is InChI=1S/C24H24ClFN2O3S/c1-17-3-11-22(12-4-17)32(30,31)28(21-10-5-18(2)23(25)15-21)16-24(29)27-14-13-19-6-8-20(26)9-7-19/h3-12,15H,13-14,16H2,1-2H3,(H,27,29). The molecule has 0 unspecified atom stereocenters. The number of benzene rings is 3. The van der Waals surface area contributed by atoms with Crippen molar-refractivity contribution in [2.45, 2.75) is 25.2 Å². The zero-order valence-corrected chi connectivity index (χ0v) is 19.4. The summed E-state index contributed by atoms with van der Waals surface area (Å²) in [5.74, 6) is -0.786. The van der Waals surface area contributed by atoms with Gasteiger partial charge in [-0.15, -0.1) is 0 Å². The van der Waals surface area contributed by atoms with Crippen LogP contribution in [0.25, 0.3) is 0 Å². The number of carbonyl (C=O) groups is 1. The van der Waals surface area contributed by atoms with Gasteiger partial charge in [0.1, 0.15) is 12.4 Å². The van der Waals surface area contributed by atoms with E-state index in [0.717, 1.165) is 21.0 Å². The maximum Gasteiger partial charge on any atom is 0.264 e. The van der Waals surface area contributed by atoms with Crippen LogP contribution in [0, 0.1) is 19.7 Å². The number of halogens is 2. The Morgan fingerprint density at radius 2 is 1.66 bits per heavy atom. The minimum Gasteiger partial charge on any atom is -0.354 e. The molecule has 0 atom stereocenters. The molecule has 8 heteroatoms. The zero-order valence-electron chi connectivity index (χ0n) is 17.8. The summed E-state index contributed by atoms with van der Waals surface area (Å²) in [5, 5.41) is 3.14. The summed E-state index contributed by atoms with van der Waals surface area (Å²) in [7, 11) is -4.01. The molecule has 1 N–H and O–H groups in total. The first-order chi connectivity index (χ1) is 15.2. The number of amides is 1. The number of hydrogen-bond acceptors (Lipinski definition) is 3. The van der Waals surface area contributed by atoms with E-state index in [4.69, 9.17) is 11.6 Å². The van der Waals surface area contributed by atoms with Crippen molar-refractivity contribution in [1.29, 1.82) is 0 Å². The van der Waals surface area contributed by atoms with E-state index >= 15 is 0 Å². The van der Waals surface area contributed by atoms with Gasteiger partial charge in [-0.3, -0.25) is 9.10 Å². The highest BCUT2D eigenvalue weighted by Gasteiger charge is 2.27. The molecule has 0 heterocycles. The van der Waals surface area contributed by atoms with E-state index in [9.17, 15) is 17.6 Å². The van der Waals surface area contributed by atoms with Crippen molar-refractivity contribution in [3.05, 3.63) is 94.3 Å². The van der Waals surface area contributed by atoms with Crippen molar-refractivity contribution in [2.75, 3.05) is 17.4 Å². The summed E-state index contributed by atoms with van der Waals surface area (Å²) >= 11 is 6.23. The lowest BCUT2D eigenvalue weighted by Gasteiger charge is -2.24. The summed E-state index contributed by atoms with van der Waals surface area (Å²) in [6, 6.07) is 17.3. The molecule has 1 amide bonds. The van der Waals surface area contributed by atoms with Gasteiger partial charge < -0.3 is 5.32 Å². The maximum absolute atomic E-state index is 13.4. The van der Waals surface area contributed by atoms with Crippen molar-refractivity contribution in [3.63, 3.8) is 0 Å². The molecular formula is C24H24ClFN2O3S. The molecule has 0 saturated heterocycles. The molecule has 0 aliphatic rings. The number of nitrogens with one attached hydrogen (secondary N) is 1. The van der Waals surface area contributed by atoms with Gasteiger partial charge in [0.15, 0.2) is 0 Å². The van der Waals surface area contributed by atoms with E-state index in [2.05, 4.69) is 5.32 Å². The summed E-state index contributed by atoms with van der Waals surface area (Å²) in [4.78, 5) is 12.7. The fraction of sp³-hybridized carbons (Fsp3) is 0.208. The fourth-order valence-electron chi connectivity index (χ4n) is 3.07. The summed E-state index contributed by atoms with van der Waals surface area (Å²) < 4.78 is 40.8. The molecule has 0 radical (unpaired) electrons. The number of anilines is 1. The smallest absolute Gasteiger partial charge is 0.264 e. The number of carbonyl (C=O) groups excluding carboxylic acids is 1. The average Bonchev–Trinajstić information content (AvgIpc) is 2.76. The van der Waals surface area contributed by atoms with Crippen LogP contribution in [0.15, 0.2) is 71.6 Å². The van der Waals surface area contributed by atoms with Crippen LogP contribution in [0.2, 0.25) is 5.02 Å². The van der Waals surface area contributed by atoms with Gasteiger partial charge in [-0.1, -0.05) is 47.5 Å². The van der Waals surface area contributed by atoms with Crippen molar-refractivity contribution >= 4 is 33.2 Å². The minimum absolute atomic E-state index is 0.0823. The third kappa shape index (κ3) is 5.87. The largest absolute Gasteiger partial charge is 0.354 e. The quantitative estimate of drug-likeness (QED) is 0.516. The first kappa shape index (κ1) is 23.8. The van der Waals surface area contributed by atoms with Crippen molar-refractivity contribution in [1.82, 2.24) is 5.32 Å². The van der Waals surface area contributed by atoms with Gasteiger partial charge in [-0.05, 0) is 67.8 Å². The molecule has 0 fully saturated rings. The first-order valence-corrected chi connectivity index (χ1v) is 11.9. The maximum atomic E-state index is 13.4. The van der Waals surface area contributed by atoms with Gasteiger partial charge in [0.25, 0.3) is 10.0 Å². The van der Waals surface area contributed by atoms with Crippen molar-refractivity contribution < 1.29 is 17.6 Å². The fourth-order valence-corrected chi connectivity index (χ4v) is 4.66. The Labute approximate surface area is 192 Å². The Balaban J connectivity index is 1.80. The van der Waals surface area contributed by atoms with E-state index in [1.165, 1.54) is 30.3 Å². The van der Waals surface area contributed by atoms with E-state index in [1.54, 1.807) is 36.4 Å². The molecule has 5 nitrogen and oxygen atoms in total. The Bertz CT molecular complexity index is 1200. The highest BCUT2D eigenvalue weighted by Crippen LogP contribution is 2.28. The normalized spacial score (nSPS) is 11.2. The zero-order chi connectivity index (χ0) is 23.3. The molecule has 0 saturated carbocycles. The van der Waals surface area contributed by atoms with Gasteiger partial charge in [-0.2, -0.15) is 0 Å². The highest BCUT2D eigenvalue weighted by atomic mass is 35.5. The lowest BCUT2D eigenvalue weighted by molar-refractivity contribution is -0.119. The minimum atomic E-state index is -4.01. The molecule has 0 aliphatic heterocycles. The Morgan fingerprint density at radius 1 is 1.00 bits per heavy atom. The monoisotopic (exact) mass is 474 g/mol. The molecule has 3 rings (SSSR count). The van der Waals surface area contributed by atoms with Crippen molar-refractivity contribution in [2.24, 2.45) is 0 Å². The third-order valence-corrected chi connectivity index (χ3v) is 7.18. The van der Waals surface area contributed by atoms with Gasteiger partial charge >= 0.3 is 0 Å². The number of hydrogen-bond donors (Lipinski definition) is 1. The number of aryl methyl sites for hydroxylation is 2.